The maximum Gasteiger partial charge on any atom is 0.129 e. The summed E-state index contributed by atoms with van der Waals surface area (Å²) >= 11 is 12.1. The number of likely N-dealkylation sites (tertiary alicyclic amines) is 1. The Morgan fingerprint density at radius 2 is 1.94 bits per heavy atom. The molecule has 0 aromatic heterocycles. The zero-order chi connectivity index (χ0) is 12.3. The van der Waals surface area contributed by atoms with Gasteiger partial charge in [0.2, 0.25) is 0 Å². The molecule has 0 radical (unpaired) electrons. The van der Waals surface area contributed by atoms with Gasteiger partial charge in [-0.05, 0) is 38.1 Å². The number of nitrogens with zero attached hydrogens (tertiary/aromatic N) is 1. The Kier molecular flexibility index (Phi) is 4.66. The molecule has 0 aliphatic carbocycles. The zero-order valence-corrected chi connectivity index (χ0v) is 11.1. The van der Waals surface area contributed by atoms with Gasteiger partial charge in [0.1, 0.15) is 5.82 Å². The highest BCUT2D eigenvalue weighted by Gasteiger charge is 2.25. The topological polar surface area (TPSA) is 3.24 Å². The van der Waals surface area contributed by atoms with Gasteiger partial charge in [0.15, 0.2) is 0 Å². The number of alkyl halides is 1. The summed E-state index contributed by atoms with van der Waals surface area (Å²) < 4.78 is 13.9. The second kappa shape index (κ2) is 6.03. The summed E-state index contributed by atoms with van der Waals surface area (Å²) in [5, 5.41) is 0.473. The molecule has 1 aromatic carbocycles. The van der Waals surface area contributed by atoms with E-state index in [1.54, 1.807) is 12.1 Å². The van der Waals surface area contributed by atoms with Crippen molar-refractivity contribution in [2.45, 2.75) is 25.3 Å². The average Bonchev–Trinajstić information content (AvgIpc) is 2.35. The van der Waals surface area contributed by atoms with Crippen molar-refractivity contribution in [3.63, 3.8) is 0 Å². The van der Waals surface area contributed by atoms with Crippen molar-refractivity contribution in [3.05, 3.63) is 34.6 Å². The van der Waals surface area contributed by atoms with Gasteiger partial charge in [-0.3, -0.25) is 4.90 Å². The van der Waals surface area contributed by atoms with Crippen LogP contribution in [0.15, 0.2) is 18.2 Å². The molecule has 0 amide bonds. The molecule has 0 spiro atoms. The fraction of sp³-hybridized carbons (Fsp3) is 0.538. The van der Waals surface area contributed by atoms with Crippen molar-refractivity contribution in [2.75, 3.05) is 19.0 Å². The number of piperidine rings is 1. The highest BCUT2D eigenvalue weighted by molar-refractivity contribution is 6.31. The minimum Gasteiger partial charge on any atom is -0.295 e. The monoisotopic (exact) mass is 275 g/mol. The van der Waals surface area contributed by atoms with Crippen LogP contribution in [-0.4, -0.2) is 23.9 Å². The van der Waals surface area contributed by atoms with E-state index >= 15 is 0 Å². The van der Waals surface area contributed by atoms with Crippen LogP contribution in [0.4, 0.5) is 4.39 Å². The van der Waals surface area contributed by atoms with Gasteiger partial charge in [-0.25, -0.2) is 4.39 Å². The molecule has 1 atom stereocenters. The van der Waals surface area contributed by atoms with Crippen molar-refractivity contribution < 1.29 is 4.39 Å². The second-order valence-electron chi connectivity index (χ2n) is 4.40. The first-order chi connectivity index (χ1) is 8.24. The van der Waals surface area contributed by atoms with E-state index in [9.17, 15) is 4.39 Å². The van der Waals surface area contributed by atoms with Crippen LogP contribution in [0.5, 0.6) is 0 Å². The minimum absolute atomic E-state index is 0.106. The van der Waals surface area contributed by atoms with Crippen molar-refractivity contribution in [1.82, 2.24) is 4.90 Å². The molecule has 1 aliphatic rings. The van der Waals surface area contributed by atoms with E-state index in [2.05, 4.69) is 4.90 Å². The molecule has 1 aliphatic heterocycles. The van der Waals surface area contributed by atoms with Crippen molar-refractivity contribution >= 4 is 23.2 Å². The van der Waals surface area contributed by atoms with E-state index in [0.29, 0.717) is 16.5 Å². The number of rotatable bonds is 3. The lowest BCUT2D eigenvalue weighted by Crippen LogP contribution is -2.35. The molecule has 17 heavy (non-hydrogen) atoms. The summed E-state index contributed by atoms with van der Waals surface area (Å²) in [6.45, 7) is 1.95. The Morgan fingerprint density at radius 1 is 1.24 bits per heavy atom. The second-order valence-corrected chi connectivity index (χ2v) is 5.12. The van der Waals surface area contributed by atoms with Crippen molar-refractivity contribution in [3.8, 4) is 0 Å². The van der Waals surface area contributed by atoms with Crippen LogP contribution in [0.25, 0.3) is 0 Å². The molecule has 1 saturated heterocycles. The van der Waals surface area contributed by atoms with Gasteiger partial charge in [-0.1, -0.05) is 24.1 Å². The van der Waals surface area contributed by atoms with E-state index in [1.807, 2.05) is 0 Å². The molecule has 1 aromatic rings. The predicted molar refractivity (Wildman–Crippen MR) is 70.3 cm³/mol. The largest absolute Gasteiger partial charge is 0.295 e. The van der Waals surface area contributed by atoms with Crippen LogP contribution in [0.3, 0.4) is 0 Å². The minimum atomic E-state index is -0.256. The lowest BCUT2D eigenvalue weighted by atomic mass is 10.0. The normalized spacial score (nSPS) is 19.2. The third kappa shape index (κ3) is 2.93. The SMILES string of the molecule is Fc1cccc(Cl)c1C(CCl)N1CCCCC1. The smallest absolute Gasteiger partial charge is 0.129 e. The first kappa shape index (κ1) is 13.1. The number of hydrogen-bond acceptors (Lipinski definition) is 1. The molecule has 0 saturated carbocycles. The standard InChI is InChI=1S/C13H16Cl2FN/c14-9-12(17-7-2-1-3-8-17)13-10(15)5-4-6-11(13)16/h4-6,12H,1-3,7-9H2. The first-order valence-corrected chi connectivity index (χ1v) is 6.89. The number of halogens is 3. The summed E-state index contributed by atoms with van der Waals surface area (Å²) in [4.78, 5) is 2.24. The lowest BCUT2D eigenvalue weighted by Gasteiger charge is -2.34. The van der Waals surface area contributed by atoms with Gasteiger partial charge in [0, 0.05) is 16.5 Å². The Bertz CT molecular complexity index is 357. The lowest BCUT2D eigenvalue weighted by molar-refractivity contribution is 0.174. The van der Waals surface area contributed by atoms with Gasteiger partial charge >= 0.3 is 0 Å². The molecule has 1 unspecified atom stereocenters. The number of benzene rings is 1. The molecular formula is C13H16Cl2FN. The molecule has 4 heteroatoms. The van der Waals surface area contributed by atoms with Gasteiger partial charge in [-0.15, -0.1) is 11.6 Å². The molecule has 1 heterocycles. The van der Waals surface area contributed by atoms with Gasteiger partial charge < -0.3 is 0 Å². The van der Waals surface area contributed by atoms with Crippen LogP contribution in [0.2, 0.25) is 5.02 Å². The molecule has 0 N–H and O–H groups in total. The van der Waals surface area contributed by atoms with E-state index in [-0.39, 0.29) is 11.9 Å². The third-order valence-electron chi connectivity index (χ3n) is 3.31. The summed E-state index contributed by atoms with van der Waals surface area (Å²) in [6.07, 6.45) is 3.55. The van der Waals surface area contributed by atoms with Crippen molar-refractivity contribution in [2.24, 2.45) is 0 Å². The van der Waals surface area contributed by atoms with Gasteiger partial charge in [-0.2, -0.15) is 0 Å². The summed E-state index contributed by atoms with van der Waals surface area (Å²) in [5.74, 6) is 0.120. The van der Waals surface area contributed by atoms with Gasteiger partial charge in [0.25, 0.3) is 0 Å². The Morgan fingerprint density at radius 3 is 2.53 bits per heavy atom. The van der Waals surface area contributed by atoms with Crippen molar-refractivity contribution in [1.29, 1.82) is 0 Å². The predicted octanol–water partition coefficient (Wildman–Crippen LogP) is 4.24. The van der Waals surface area contributed by atoms with Gasteiger partial charge in [0.05, 0.1) is 6.04 Å². The van der Waals surface area contributed by atoms with Crippen LogP contribution in [0, 0.1) is 5.82 Å². The fourth-order valence-electron chi connectivity index (χ4n) is 2.42. The maximum atomic E-state index is 13.9. The first-order valence-electron chi connectivity index (χ1n) is 5.98. The molecule has 1 nitrogen and oxygen atoms in total. The highest BCUT2D eigenvalue weighted by Crippen LogP contribution is 2.32. The number of hydrogen-bond donors (Lipinski definition) is 0. The molecule has 2 rings (SSSR count). The molecular weight excluding hydrogens is 260 g/mol. The van der Waals surface area contributed by atoms with Crippen LogP contribution < -0.4 is 0 Å². The van der Waals surface area contributed by atoms with E-state index in [0.717, 1.165) is 25.9 Å². The zero-order valence-electron chi connectivity index (χ0n) is 9.63. The summed E-state index contributed by atoms with van der Waals surface area (Å²) in [7, 11) is 0. The Balaban J connectivity index is 2.27. The molecule has 0 bridgehead atoms. The van der Waals surface area contributed by atoms with Crippen LogP contribution in [-0.2, 0) is 0 Å². The summed E-state index contributed by atoms with van der Waals surface area (Å²) in [6, 6.07) is 4.70. The van der Waals surface area contributed by atoms with E-state index in [1.165, 1.54) is 12.5 Å². The fourth-order valence-corrected chi connectivity index (χ4v) is 3.05. The Labute approximate surface area is 112 Å². The van der Waals surface area contributed by atoms with Crippen LogP contribution in [0.1, 0.15) is 30.9 Å². The summed E-state index contributed by atoms with van der Waals surface area (Å²) in [5.41, 5.74) is 0.547. The third-order valence-corrected chi connectivity index (χ3v) is 3.93. The Hall–Kier alpha value is -0.310. The highest BCUT2D eigenvalue weighted by atomic mass is 35.5. The molecule has 94 valence electrons. The van der Waals surface area contributed by atoms with E-state index < -0.39 is 0 Å². The quantitative estimate of drug-likeness (QED) is 0.746. The molecule has 1 fully saturated rings. The van der Waals surface area contributed by atoms with E-state index in [4.69, 9.17) is 23.2 Å². The maximum absolute atomic E-state index is 13.9. The van der Waals surface area contributed by atoms with Crippen LogP contribution >= 0.6 is 23.2 Å². The average molecular weight is 276 g/mol.